The lowest BCUT2D eigenvalue weighted by Crippen LogP contribution is -2.16. The van der Waals surface area contributed by atoms with E-state index < -0.39 is 0 Å². The van der Waals surface area contributed by atoms with Gasteiger partial charge in [0.25, 0.3) is 0 Å². The molecule has 1 aromatic heterocycles. The molecule has 1 saturated carbocycles. The Morgan fingerprint density at radius 3 is 2.95 bits per heavy atom. The van der Waals surface area contributed by atoms with Gasteiger partial charge in [0.2, 0.25) is 0 Å². The second-order valence-corrected chi connectivity index (χ2v) is 5.70. The van der Waals surface area contributed by atoms with E-state index in [2.05, 4.69) is 15.3 Å². The van der Waals surface area contributed by atoms with Crippen LogP contribution in [0.25, 0.3) is 11.3 Å². The molecule has 1 aliphatic rings. The molecule has 0 spiro atoms. The van der Waals surface area contributed by atoms with Crippen LogP contribution in [-0.4, -0.2) is 16.5 Å². The van der Waals surface area contributed by atoms with Crippen LogP contribution in [0, 0.1) is 5.92 Å². The molecule has 1 heterocycles. The molecule has 5 heteroatoms. The maximum Gasteiger partial charge on any atom is 0.120 e. The molecule has 100 valence electrons. The van der Waals surface area contributed by atoms with Gasteiger partial charge in [-0.25, -0.2) is 4.98 Å². The number of hydrogen-bond acceptors (Lipinski definition) is 2. The average Bonchev–Trinajstić information content (AvgIpc) is 3.10. The normalized spacial score (nSPS) is 14.8. The Hall–Kier alpha value is -1.03. The summed E-state index contributed by atoms with van der Waals surface area (Å²) in [4.78, 5) is 7.64. The minimum Gasteiger partial charge on any atom is -0.341 e. The molecule has 1 fully saturated rings. The number of halogens is 2. The first-order valence-corrected chi connectivity index (χ1v) is 7.18. The summed E-state index contributed by atoms with van der Waals surface area (Å²) in [5, 5.41) is 4.52. The zero-order valence-corrected chi connectivity index (χ0v) is 11.9. The zero-order valence-electron chi connectivity index (χ0n) is 10.4. The molecule has 2 aromatic rings. The number of aromatic nitrogens is 2. The van der Waals surface area contributed by atoms with Crippen LogP contribution in [0.5, 0.6) is 0 Å². The Morgan fingerprint density at radius 2 is 2.16 bits per heavy atom. The fourth-order valence-electron chi connectivity index (χ4n) is 2.02. The number of rotatable bonds is 5. The van der Waals surface area contributed by atoms with Crippen molar-refractivity contribution in [2.24, 2.45) is 5.92 Å². The third-order valence-electron chi connectivity index (χ3n) is 3.29. The highest BCUT2D eigenvalue weighted by Gasteiger charge is 2.20. The minimum absolute atomic E-state index is 0.558. The van der Waals surface area contributed by atoms with Gasteiger partial charge in [-0.2, -0.15) is 0 Å². The fourth-order valence-corrected chi connectivity index (χ4v) is 2.42. The summed E-state index contributed by atoms with van der Waals surface area (Å²) >= 11 is 12.2. The second kappa shape index (κ2) is 5.53. The van der Waals surface area contributed by atoms with E-state index in [0.717, 1.165) is 36.1 Å². The van der Waals surface area contributed by atoms with Gasteiger partial charge in [0.05, 0.1) is 28.5 Å². The number of aromatic amines is 1. The number of nitrogens with zero attached hydrogens (tertiary/aromatic N) is 1. The highest BCUT2D eigenvalue weighted by molar-refractivity contribution is 6.43. The smallest absolute Gasteiger partial charge is 0.120 e. The molecule has 1 aliphatic carbocycles. The summed E-state index contributed by atoms with van der Waals surface area (Å²) in [6, 6.07) is 5.60. The molecule has 3 nitrogen and oxygen atoms in total. The monoisotopic (exact) mass is 295 g/mol. The van der Waals surface area contributed by atoms with Crippen LogP contribution in [0.1, 0.15) is 18.7 Å². The zero-order chi connectivity index (χ0) is 13.2. The van der Waals surface area contributed by atoms with Crippen molar-refractivity contribution in [1.82, 2.24) is 15.3 Å². The Bertz CT molecular complexity index is 576. The number of imidazole rings is 1. The maximum atomic E-state index is 6.20. The Labute approximate surface area is 122 Å². The van der Waals surface area contributed by atoms with E-state index in [9.17, 15) is 0 Å². The second-order valence-electron chi connectivity index (χ2n) is 4.92. The summed E-state index contributed by atoms with van der Waals surface area (Å²) in [7, 11) is 0. The average molecular weight is 296 g/mol. The van der Waals surface area contributed by atoms with E-state index in [4.69, 9.17) is 23.2 Å². The van der Waals surface area contributed by atoms with E-state index in [-0.39, 0.29) is 0 Å². The first-order valence-electron chi connectivity index (χ1n) is 6.43. The highest BCUT2D eigenvalue weighted by Crippen LogP contribution is 2.32. The molecule has 0 atom stereocenters. The van der Waals surface area contributed by atoms with Gasteiger partial charge in [-0.3, -0.25) is 0 Å². The van der Waals surface area contributed by atoms with Crippen LogP contribution in [0.15, 0.2) is 24.4 Å². The molecule has 0 aliphatic heterocycles. The maximum absolute atomic E-state index is 6.20. The third-order valence-corrected chi connectivity index (χ3v) is 4.11. The first-order chi connectivity index (χ1) is 9.24. The number of H-pyrrole nitrogens is 1. The summed E-state index contributed by atoms with van der Waals surface area (Å²) < 4.78 is 0. The largest absolute Gasteiger partial charge is 0.341 e. The standard InChI is InChI=1S/C14H15Cl2N3/c15-11-3-1-2-10(14(11)16)12-7-18-13(19-12)8-17-6-9-4-5-9/h1-3,7,9,17H,4-6,8H2,(H,18,19). The van der Waals surface area contributed by atoms with Gasteiger partial charge >= 0.3 is 0 Å². The van der Waals surface area contributed by atoms with Crippen LogP contribution in [0.2, 0.25) is 10.0 Å². The van der Waals surface area contributed by atoms with Crippen molar-refractivity contribution >= 4 is 23.2 Å². The van der Waals surface area contributed by atoms with Crippen LogP contribution in [-0.2, 0) is 6.54 Å². The van der Waals surface area contributed by atoms with Crippen molar-refractivity contribution in [3.63, 3.8) is 0 Å². The molecule has 1 aromatic carbocycles. The molecule has 0 radical (unpaired) electrons. The van der Waals surface area contributed by atoms with E-state index in [0.29, 0.717) is 10.0 Å². The summed E-state index contributed by atoms with van der Waals surface area (Å²) in [6.07, 6.45) is 4.51. The Balaban J connectivity index is 1.70. The summed E-state index contributed by atoms with van der Waals surface area (Å²) in [5.41, 5.74) is 1.78. The molecule has 0 bridgehead atoms. The van der Waals surface area contributed by atoms with Crippen molar-refractivity contribution in [2.45, 2.75) is 19.4 Å². The highest BCUT2D eigenvalue weighted by atomic mass is 35.5. The van der Waals surface area contributed by atoms with Gasteiger partial charge in [-0.15, -0.1) is 0 Å². The van der Waals surface area contributed by atoms with Gasteiger partial charge in [0.15, 0.2) is 0 Å². The van der Waals surface area contributed by atoms with Crippen molar-refractivity contribution < 1.29 is 0 Å². The lowest BCUT2D eigenvalue weighted by Gasteiger charge is -2.03. The molecule has 3 rings (SSSR count). The molecule has 0 amide bonds. The van der Waals surface area contributed by atoms with Crippen LogP contribution >= 0.6 is 23.2 Å². The summed E-state index contributed by atoms with van der Waals surface area (Å²) in [6.45, 7) is 1.84. The SMILES string of the molecule is Clc1cccc(-c2cnc(CNCC3CC3)[nH]2)c1Cl. The quantitative estimate of drug-likeness (QED) is 0.879. The van der Waals surface area contributed by atoms with Crippen molar-refractivity contribution in [1.29, 1.82) is 0 Å². The van der Waals surface area contributed by atoms with Crippen molar-refractivity contribution in [3.8, 4) is 11.3 Å². The molecule has 2 N–H and O–H groups in total. The lowest BCUT2D eigenvalue weighted by molar-refractivity contribution is 0.623. The van der Waals surface area contributed by atoms with E-state index in [1.165, 1.54) is 12.8 Å². The van der Waals surface area contributed by atoms with E-state index >= 15 is 0 Å². The van der Waals surface area contributed by atoms with Gasteiger partial charge in [0, 0.05) is 5.56 Å². The van der Waals surface area contributed by atoms with Gasteiger partial charge < -0.3 is 10.3 Å². The lowest BCUT2D eigenvalue weighted by atomic mass is 10.2. The Morgan fingerprint density at radius 1 is 1.32 bits per heavy atom. The van der Waals surface area contributed by atoms with Crippen molar-refractivity contribution in [2.75, 3.05) is 6.54 Å². The molecule has 0 saturated heterocycles. The molecule has 19 heavy (non-hydrogen) atoms. The van der Waals surface area contributed by atoms with E-state index in [1.807, 2.05) is 12.1 Å². The van der Waals surface area contributed by atoms with Crippen molar-refractivity contribution in [3.05, 3.63) is 40.3 Å². The fraction of sp³-hybridized carbons (Fsp3) is 0.357. The first kappa shape index (κ1) is 13.0. The minimum atomic E-state index is 0.558. The van der Waals surface area contributed by atoms with Crippen LogP contribution in [0.3, 0.4) is 0 Å². The number of nitrogens with one attached hydrogen (secondary N) is 2. The number of hydrogen-bond donors (Lipinski definition) is 2. The Kier molecular flexibility index (Phi) is 3.78. The molecular weight excluding hydrogens is 281 g/mol. The number of benzene rings is 1. The van der Waals surface area contributed by atoms with Crippen LogP contribution in [0.4, 0.5) is 0 Å². The van der Waals surface area contributed by atoms with Gasteiger partial charge in [-0.05, 0) is 31.4 Å². The summed E-state index contributed by atoms with van der Waals surface area (Å²) in [5.74, 6) is 1.79. The topological polar surface area (TPSA) is 40.7 Å². The van der Waals surface area contributed by atoms with Crippen LogP contribution < -0.4 is 5.32 Å². The molecule has 0 unspecified atom stereocenters. The third kappa shape index (κ3) is 3.11. The van der Waals surface area contributed by atoms with Gasteiger partial charge in [-0.1, -0.05) is 35.3 Å². The van der Waals surface area contributed by atoms with Gasteiger partial charge in [0.1, 0.15) is 5.82 Å². The molecular formula is C14H15Cl2N3. The predicted molar refractivity (Wildman–Crippen MR) is 78.5 cm³/mol. The predicted octanol–water partition coefficient (Wildman–Crippen LogP) is 3.88. The van der Waals surface area contributed by atoms with E-state index in [1.54, 1.807) is 12.3 Å².